The number of aliphatic carboxylic acids is 1. The zero-order valence-electron chi connectivity index (χ0n) is 12.9. The van der Waals surface area contributed by atoms with Crippen LogP contribution in [0.2, 0.25) is 0 Å². The van der Waals surface area contributed by atoms with Gasteiger partial charge in [0.15, 0.2) is 5.78 Å². The zero-order valence-corrected chi connectivity index (χ0v) is 12.9. The van der Waals surface area contributed by atoms with Gasteiger partial charge < -0.3 is 9.84 Å². The molecule has 2 aromatic carbocycles. The fourth-order valence-electron chi connectivity index (χ4n) is 3.06. The number of fused-ring (bicyclic) bond motifs is 2. The molecule has 1 unspecified atom stereocenters. The van der Waals surface area contributed by atoms with E-state index in [2.05, 4.69) is 0 Å². The fourth-order valence-corrected chi connectivity index (χ4v) is 3.06. The van der Waals surface area contributed by atoms with Crippen molar-refractivity contribution in [2.24, 2.45) is 0 Å². The van der Waals surface area contributed by atoms with Gasteiger partial charge in [0.25, 0.3) is 0 Å². The van der Waals surface area contributed by atoms with Crippen molar-refractivity contribution in [2.45, 2.75) is 32.3 Å². The number of carbonyl (C=O) groups excluding carboxylic acids is 1. The molecular weight excluding hydrogens is 292 g/mol. The van der Waals surface area contributed by atoms with Crippen LogP contribution in [0.25, 0.3) is 0 Å². The molecule has 4 nitrogen and oxygen atoms in total. The van der Waals surface area contributed by atoms with Gasteiger partial charge in [0.05, 0.1) is 11.5 Å². The van der Waals surface area contributed by atoms with Crippen LogP contribution in [0.15, 0.2) is 42.5 Å². The molecule has 23 heavy (non-hydrogen) atoms. The van der Waals surface area contributed by atoms with Crippen molar-refractivity contribution < 1.29 is 19.4 Å². The Kier molecular flexibility index (Phi) is 4.15. The molecule has 0 saturated heterocycles. The van der Waals surface area contributed by atoms with E-state index >= 15 is 0 Å². The van der Waals surface area contributed by atoms with Gasteiger partial charge in [-0.15, -0.1) is 0 Å². The number of carboxylic acid groups (broad SMARTS) is 1. The van der Waals surface area contributed by atoms with Crippen LogP contribution in [0.3, 0.4) is 0 Å². The summed E-state index contributed by atoms with van der Waals surface area (Å²) in [5.74, 6) is -1.31. The zero-order chi connectivity index (χ0) is 16.4. The first-order chi connectivity index (χ1) is 11.1. The summed E-state index contributed by atoms with van der Waals surface area (Å²) in [6.45, 7) is 2.25. The minimum atomic E-state index is -0.911. The lowest BCUT2D eigenvalue weighted by atomic mass is 9.86. The van der Waals surface area contributed by atoms with Gasteiger partial charge in [-0.2, -0.15) is 0 Å². The predicted molar refractivity (Wildman–Crippen MR) is 85.9 cm³/mol. The minimum Gasteiger partial charge on any atom is -0.488 e. The number of hydrogen-bond acceptors (Lipinski definition) is 3. The number of hydrogen-bond donors (Lipinski definition) is 1. The third kappa shape index (κ3) is 2.72. The SMILES string of the molecule is CCCC(C(=O)O)c1cccc2c1C(=O)c1ccccc1CO2. The van der Waals surface area contributed by atoms with Crippen molar-refractivity contribution in [1.82, 2.24) is 0 Å². The molecule has 0 fully saturated rings. The summed E-state index contributed by atoms with van der Waals surface area (Å²) in [4.78, 5) is 24.7. The van der Waals surface area contributed by atoms with Crippen LogP contribution in [-0.4, -0.2) is 16.9 Å². The summed E-state index contributed by atoms with van der Waals surface area (Å²) in [5, 5.41) is 9.56. The van der Waals surface area contributed by atoms with Gasteiger partial charge in [0.1, 0.15) is 12.4 Å². The van der Waals surface area contributed by atoms with Crippen LogP contribution < -0.4 is 4.74 Å². The normalized spacial score (nSPS) is 14.2. The lowest BCUT2D eigenvalue weighted by Crippen LogP contribution is -2.16. The molecule has 1 atom stereocenters. The average Bonchev–Trinajstić information content (AvgIpc) is 2.70. The van der Waals surface area contributed by atoms with Crippen molar-refractivity contribution in [3.05, 3.63) is 64.7 Å². The third-order valence-electron chi connectivity index (χ3n) is 4.18. The largest absolute Gasteiger partial charge is 0.488 e. The molecule has 4 heteroatoms. The van der Waals surface area contributed by atoms with E-state index in [-0.39, 0.29) is 5.78 Å². The molecule has 2 aromatic rings. The maximum atomic E-state index is 13.0. The summed E-state index contributed by atoms with van der Waals surface area (Å²) < 4.78 is 5.78. The quantitative estimate of drug-likeness (QED) is 0.933. The second kappa shape index (κ2) is 6.24. The molecule has 0 aliphatic carbocycles. The Morgan fingerprint density at radius 1 is 1.22 bits per heavy atom. The van der Waals surface area contributed by atoms with Gasteiger partial charge in [-0.1, -0.05) is 49.7 Å². The first kappa shape index (κ1) is 15.3. The number of ketones is 1. The van der Waals surface area contributed by atoms with Gasteiger partial charge in [0, 0.05) is 11.1 Å². The number of carbonyl (C=O) groups is 2. The van der Waals surface area contributed by atoms with Gasteiger partial charge in [-0.05, 0) is 18.1 Å². The van der Waals surface area contributed by atoms with E-state index in [1.165, 1.54) is 0 Å². The molecule has 0 aromatic heterocycles. The summed E-state index contributed by atoms with van der Waals surface area (Å²) in [6, 6.07) is 12.5. The molecule has 0 amide bonds. The predicted octanol–water partition coefficient (Wildman–Crippen LogP) is 3.78. The number of rotatable bonds is 4. The standard InChI is InChI=1S/C19H18O4/c1-2-6-15(19(21)22)14-9-5-10-16-17(14)18(20)13-8-4-3-7-12(13)11-23-16/h3-5,7-10,15H,2,6,11H2,1H3,(H,21,22). The first-order valence-corrected chi connectivity index (χ1v) is 7.74. The molecular formula is C19H18O4. The second-order valence-electron chi connectivity index (χ2n) is 5.67. The lowest BCUT2D eigenvalue weighted by Gasteiger charge is -2.17. The van der Waals surface area contributed by atoms with Crippen LogP contribution >= 0.6 is 0 Å². The van der Waals surface area contributed by atoms with E-state index in [0.29, 0.717) is 35.5 Å². The summed E-state index contributed by atoms with van der Waals surface area (Å²) >= 11 is 0. The summed E-state index contributed by atoms with van der Waals surface area (Å²) in [6.07, 6.45) is 1.22. The highest BCUT2D eigenvalue weighted by Crippen LogP contribution is 2.35. The maximum absolute atomic E-state index is 13.0. The molecule has 0 spiro atoms. The molecule has 1 N–H and O–H groups in total. The molecule has 0 bridgehead atoms. The monoisotopic (exact) mass is 310 g/mol. The van der Waals surface area contributed by atoms with Gasteiger partial charge in [-0.3, -0.25) is 9.59 Å². The second-order valence-corrected chi connectivity index (χ2v) is 5.67. The fraction of sp³-hybridized carbons (Fsp3) is 0.263. The van der Waals surface area contributed by atoms with Gasteiger partial charge >= 0.3 is 5.97 Å². The Morgan fingerprint density at radius 3 is 2.74 bits per heavy atom. The van der Waals surface area contributed by atoms with E-state index < -0.39 is 11.9 Å². The Bertz CT molecular complexity index is 764. The first-order valence-electron chi connectivity index (χ1n) is 7.74. The highest BCUT2D eigenvalue weighted by atomic mass is 16.5. The average molecular weight is 310 g/mol. The van der Waals surface area contributed by atoms with Gasteiger partial charge in [0.2, 0.25) is 0 Å². The van der Waals surface area contributed by atoms with Crippen LogP contribution in [0, 0.1) is 0 Å². The lowest BCUT2D eigenvalue weighted by molar-refractivity contribution is -0.139. The van der Waals surface area contributed by atoms with Crippen molar-refractivity contribution in [3.8, 4) is 5.75 Å². The molecule has 0 radical (unpaired) electrons. The highest BCUT2D eigenvalue weighted by Gasteiger charge is 2.30. The van der Waals surface area contributed by atoms with E-state index in [4.69, 9.17) is 4.74 Å². The summed E-state index contributed by atoms with van der Waals surface area (Å²) in [5.41, 5.74) is 2.33. The smallest absolute Gasteiger partial charge is 0.310 e. The van der Waals surface area contributed by atoms with Crippen molar-refractivity contribution in [3.63, 3.8) is 0 Å². The molecule has 1 aliphatic heterocycles. The van der Waals surface area contributed by atoms with Crippen LogP contribution in [-0.2, 0) is 11.4 Å². The van der Waals surface area contributed by atoms with E-state index in [1.807, 2.05) is 25.1 Å². The van der Waals surface area contributed by atoms with Crippen LogP contribution in [0.5, 0.6) is 5.75 Å². The minimum absolute atomic E-state index is 0.161. The van der Waals surface area contributed by atoms with Crippen molar-refractivity contribution in [1.29, 1.82) is 0 Å². The van der Waals surface area contributed by atoms with Gasteiger partial charge in [-0.25, -0.2) is 0 Å². The Morgan fingerprint density at radius 2 is 2.00 bits per heavy atom. The summed E-state index contributed by atoms with van der Waals surface area (Å²) in [7, 11) is 0. The molecule has 3 rings (SSSR count). The van der Waals surface area contributed by atoms with E-state index in [1.54, 1.807) is 24.3 Å². The van der Waals surface area contributed by atoms with Crippen molar-refractivity contribution >= 4 is 11.8 Å². The van der Waals surface area contributed by atoms with Crippen molar-refractivity contribution in [2.75, 3.05) is 0 Å². The maximum Gasteiger partial charge on any atom is 0.310 e. The van der Waals surface area contributed by atoms with Crippen LogP contribution in [0.1, 0.15) is 52.7 Å². The topological polar surface area (TPSA) is 63.6 Å². The number of ether oxygens (including phenoxy) is 1. The Hall–Kier alpha value is -2.62. The number of carboxylic acids is 1. The third-order valence-corrected chi connectivity index (χ3v) is 4.18. The molecule has 1 heterocycles. The molecule has 118 valence electrons. The Labute approximate surface area is 134 Å². The van der Waals surface area contributed by atoms with Crippen LogP contribution in [0.4, 0.5) is 0 Å². The Balaban J connectivity index is 2.18. The number of benzene rings is 2. The molecule has 0 saturated carbocycles. The van der Waals surface area contributed by atoms with E-state index in [9.17, 15) is 14.7 Å². The van der Waals surface area contributed by atoms with E-state index in [0.717, 1.165) is 12.0 Å². The molecule has 1 aliphatic rings. The highest BCUT2D eigenvalue weighted by molar-refractivity contribution is 6.13.